The molecule has 1 aromatic carbocycles. The number of phenolic OH excluding ortho intramolecular Hbond substituents is 1. The number of benzene rings is 1. The zero-order chi connectivity index (χ0) is 11.6. The number of nitro benzene ring substituents is 1. The number of hydrogen-bond donors (Lipinski definition) is 1. The van der Waals surface area contributed by atoms with Crippen LogP contribution in [0.3, 0.4) is 0 Å². The average Bonchev–Trinajstić information content (AvgIpc) is 2.24. The number of rotatable bonds is 1. The summed E-state index contributed by atoms with van der Waals surface area (Å²) in [5.74, 6) is -0.0887. The van der Waals surface area contributed by atoms with Crippen molar-refractivity contribution in [1.82, 2.24) is 0 Å². The highest BCUT2D eigenvalue weighted by molar-refractivity contribution is 5.36. The van der Waals surface area contributed by atoms with Crippen molar-refractivity contribution in [1.29, 1.82) is 0 Å². The Balaban J connectivity index is 0. The van der Waals surface area contributed by atoms with Gasteiger partial charge in [-0.25, -0.2) is 0 Å². The molecule has 4 nitrogen and oxygen atoms in total. The van der Waals surface area contributed by atoms with Crippen LogP contribution < -0.4 is 0 Å². The molecule has 0 amide bonds. The molecule has 0 aliphatic rings. The van der Waals surface area contributed by atoms with Gasteiger partial charge in [0.25, 0.3) is 5.69 Å². The molecule has 0 saturated heterocycles. The third-order valence-corrected chi connectivity index (χ3v) is 1.04. The minimum atomic E-state index is -0.556. The van der Waals surface area contributed by atoms with E-state index in [0.29, 0.717) is 0 Å². The summed E-state index contributed by atoms with van der Waals surface area (Å²) in [6.45, 7) is 8.00. The van der Waals surface area contributed by atoms with Crippen LogP contribution in [0.5, 0.6) is 5.75 Å². The molecule has 0 heterocycles. The second-order valence-electron chi connectivity index (χ2n) is 1.78. The van der Waals surface area contributed by atoms with Gasteiger partial charge in [0.05, 0.1) is 11.0 Å². The van der Waals surface area contributed by atoms with E-state index in [1.165, 1.54) is 18.2 Å². The molecule has 0 radical (unpaired) electrons. The Labute approximate surface area is 84.4 Å². The normalized spacial score (nSPS) is 7.43. The summed E-state index contributed by atoms with van der Waals surface area (Å²) < 4.78 is 0. The minimum absolute atomic E-state index is 0.0887. The van der Waals surface area contributed by atoms with Crippen LogP contribution in [0.25, 0.3) is 0 Å². The van der Waals surface area contributed by atoms with Crippen molar-refractivity contribution in [2.45, 2.75) is 27.7 Å². The lowest BCUT2D eigenvalue weighted by atomic mass is 10.3. The molecule has 0 atom stereocenters. The predicted molar refractivity (Wildman–Crippen MR) is 57.5 cm³/mol. The molecule has 1 aromatic rings. The standard InChI is InChI=1S/C6H5NO3.2C2H6/c8-6-3-1-2-5(4-6)7(9)10;2*1-2/h1-4,8H;2*1-2H3. The summed E-state index contributed by atoms with van der Waals surface area (Å²) in [6, 6.07) is 5.22. The number of hydrogen-bond acceptors (Lipinski definition) is 3. The van der Waals surface area contributed by atoms with E-state index < -0.39 is 4.92 Å². The van der Waals surface area contributed by atoms with E-state index in [9.17, 15) is 10.1 Å². The van der Waals surface area contributed by atoms with E-state index in [-0.39, 0.29) is 11.4 Å². The molecule has 0 bridgehead atoms. The van der Waals surface area contributed by atoms with Gasteiger partial charge in [0.15, 0.2) is 0 Å². The van der Waals surface area contributed by atoms with E-state index in [0.717, 1.165) is 6.07 Å². The lowest BCUT2D eigenvalue weighted by molar-refractivity contribution is -0.384. The highest BCUT2D eigenvalue weighted by atomic mass is 16.6. The van der Waals surface area contributed by atoms with Gasteiger partial charge in [0.2, 0.25) is 0 Å². The summed E-state index contributed by atoms with van der Waals surface area (Å²) in [4.78, 5) is 9.49. The summed E-state index contributed by atoms with van der Waals surface area (Å²) in [6.07, 6.45) is 0. The van der Waals surface area contributed by atoms with Gasteiger partial charge < -0.3 is 5.11 Å². The molecule has 14 heavy (non-hydrogen) atoms. The number of aromatic hydroxyl groups is 1. The van der Waals surface area contributed by atoms with Gasteiger partial charge in [-0.2, -0.15) is 0 Å². The fourth-order valence-corrected chi connectivity index (χ4v) is 0.607. The van der Waals surface area contributed by atoms with Crippen LogP contribution in [0.2, 0.25) is 0 Å². The Hall–Kier alpha value is -1.58. The maximum absolute atomic E-state index is 10.0. The van der Waals surface area contributed by atoms with E-state index in [1.807, 2.05) is 27.7 Å². The summed E-state index contributed by atoms with van der Waals surface area (Å²) in [7, 11) is 0. The van der Waals surface area contributed by atoms with Crippen molar-refractivity contribution in [2.75, 3.05) is 0 Å². The molecule has 0 aliphatic heterocycles. The third kappa shape index (κ3) is 5.99. The molecular formula is C10H17NO3. The first-order valence-corrected chi connectivity index (χ1v) is 4.63. The highest BCUT2D eigenvalue weighted by Gasteiger charge is 2.03. The van der Waals surface area contributed by atoms with Crippen LogP contribution in [0, 0.1) is 10.1 Å². The van der Waals surface area contributed by atoms with E-state index >= 15 is 0 Å². The molecule has 1 N–H and O–H groups in total. The number of nitrogens with zero attached hydrogens (tertiary/aromatic N) is 1. The number of nitro groups is 1. The lowest BCUT2D eigenvalue weighted by Crippen LogP contribution is -1.85. The van der Waals surface area contributed by atoms with Crippen molar-refractivity contribution < 1.29 is 10.0 Å². The van der Waals surface area contributed by atoms with Crippen molar-refractivity contribution in [3.63, 3.8) is 0 Å². The van der Waals surface area contributed by atoms with Crippen LogP contribution in [0.1, 0.15) is 27.7 Å². The summed E-state index contributed by atoms with van der Waals surface area (Å²) >= 11 is 0. The lowest BCUT2D eigenvalue weighted by Gasteiger charge is -1.89. The fraction of sp³-hybridized carbons (Fsp3) is 0.400. The molecule has 80 valence electrons. The molecule has 1 rings (SSSR count). The van der Waals surface area contributed by atoms with Gasteiger partial charge in [-0.05, 0) is 6.07 Å². The SMILES string of the molecule is CC.CC.O=[N+]([O-])c1cccc(O)c1. The smallest absolute Gasteiger partial charge is 0.273 e. The number of phenols is 1. The van der Waals surface area contributed by atoms with E-state index in [4.69, 9.17) is 5.11 Å². The van der Waals surface area contributed by atoms with Crippen molar-refractivity contribution >= 4 is 5.69 Å². The maximum Gasteiger partial charge on any atom is 0.273 e. The first kappa shape index (κ1) is 14.9. The third-order valence-electron chi connectivity index (χ3n) is 1.04. The molecule has 0 unspecified atom stereocenters. The van der Waals surface area contributed by atoms with Gasteiger partial charge in [-0.1, -0.05) is 33.8 Å². The Kier molecular flexibility index (Phi) is 10.1. The molecule has 0 saturated carbocycles. The van der Waals surface area contributed by atoms with Crippen LogP contribution in [0.15, 0.2) is 24.3 Å². The molecular weight excluding hydrogens is 182 g/mol. The monoisotopic (exact) mass is 199 g/mol. The Morgan fingerprint density at radius 3 is 2.00 bits per heavy atom. The zero-order valence-electron chi connectivity index (χ0n) is 9.02. The van der Waals surface area contributed by atoms with Crippen molar-refractivity contribution in [3.05, 3.63) is 34.4 Å². The van der Waals surface area contributed by atoms with Crippen LogP contribution in [-0.2, 0) is 0 Å². The van der Waals surface area contributed by atoms with Gasteiger partial charge in [0, 0.05) is 6.07 Å². The number of non-ortho nitro benzene ring substituents is 1. The van der Waals surface area contributed by atoms with E-state index in [2.05, 4.69) is 0 Å². The zero-order valence-corrected chi connectivity index (χ0v) is 9.02. The Morgan fingerprint density at radius 1 is 1.21 bits per heavy atom. The quantitative estimate of drug-likeness (QED) is 0.557. The second-order valence-corrected chi connectivity index (χ2v) is 1.78. The first-order valence-electron chi connectivity index (χ1n) is 4.63. The highest BCUT2D eigenvalue weighted by Crippen LogP contribution is 2.16. The van der Waals surface area contributed by atoms with Crippen molar-refractivity contribution in [3.8, 4) is 5.75 Å². The van der Waals surface area contributed by atoms with Gasteiger partial charge in [-0.15, -0.1) is 0 Å². The maximum atomic E-state index is 10.0. The Morgan fingerprint density at radius 2 is 1.71 bits per heavy atom. The Bertz CT molecular complexity index is 261. The minimum Gasteiger partial charge on any atom is -0.508 e. The fourth-order valence-electron chi connectivity index (χ4n) is 0.607. The summed E-state index contributed by atoms with van der Waals surface area (Å²) in [5.41, 5.74) is -0.0972. The van der Waals surface area contributed by atoms with Crippen molar-refractivity contribution in [2.24, 2.45) is 0 Å². The topological polar surface area (TPSA) is 63.4 Å². The summed E-state index contributed by atoms with van der Waals surface area (Å²) in [5, 5.41) is 18.8. The van der Waals surface area contributed by atoms with Gasteiger partial charge in [-0.3, -0.25) is 10.1 Å². The molecule has 0 aliphatic carbocycles. The first-order chi connectivity index (χ1) is 6.70. The van der Waals surface area contributed by atoms with Crippen LogP contribution in [-0.4, -0.2) is 10.0 Å². The largest absolute Gasteiger partial charge is 0.508 e. The second kappa shape index (κ2) is 9.51. The van der Waals surface area contributed by atoms with Crippen LogP contribution >= 0.6 is 0 Å². The molecule has 0 spiro atoms. The van der Waals surface area contributed by atoms with Crippen LogP contribution in [0.4, 0.5) is 5.69 Å². The molecule has 4 heteroatoms. The molecule has 0 aromatic heterocycles. The predicted octanol–water partition coefficient (Wildman–Crippen LogP) is 3.35. The average molecular weight is 199 g/mol. The van der Waals surface area contributed by atoms with Gasteiger partial charge >= 0.3 is 0 Å². The van der Waals surface area contributed by atoms with Gasteiger partial charge in [0.1, 0.15) is 5.75 Å². The van der Waals surface area contributed by atoms with E-state index in [1.54, 1.807) is 0 Å². The molecule has 0 fully saturated rings.